The van der Waals surface area contributed by atoms with Crippen LogP contribution in [0.25, 0.3) is 0 Å². The monoisotopic (exact) mass is 119 g/mol. The van der Waals surface area contributed by atoms with Crippen LogP contribution in [-0.4, -0.2) is 0 Å². The zero-order chi connectivity index (χ0) is 6.95. The van der Waals surface area contributed by atoms with Crippen LogP contribution in [-0.2, 0) is 0 Å². The van der Waals surface area contributed by atoms with Crippen LogP contribution in [0.2, 0.25) is 0 Å². The summed E-state index contributed by atoms with van der Waals surface area (Å²) in [5.41, 5.74) is 0. The fourth-order valence-electron chi connectivity index (χ4n) is 0.374. The molecular formula is C8H9N. The Balaban J connectivity index is 3.31. The van der Waals surface area contributed by atoms with Crippen LogP contribution in [0, 0.1) is 11.3 Å². The number of nitrogens with zero attached hydrogens (tertiary/aromatic N) is 1. The van der Waals surface area contributed by atoms with Crippen molar-refractivity contribution in [3.8, 4) is 6.07 Å². The molecule has 1 nitrogen and oxygen atoms in total. The second-order valence-corrected chi connectivity index (χ2v) is 1.43. The van der Waals surface area contributed by atoms with Gasteiger partial charge >= 0.3 is 0 Å². The summed E-state index contributed by atoms with van der Waals surface area (Å²) in [6.45, 7) is 3.50. The fourth-order valence-corrected chi connectivity index (χ4v) is 0.374. The third kappa shape index (κ3) is 6.71. The third-order valence-corrected chi connectivity index (χ3v) is 0.737. The zero-order valence-corrected chi connectivity index (χ0v) is 5.25. The molecule has 0 aliphatic carbocycles. The Morgan fingerprint density at radius 1 is 1.44 bits per heavy atom. The summed E-state index contributed by atoms with van der Waals surface area (Å²) < 4.78 is 0. The lowest BCUT2D eigenvalue weighted by molar-refractivity contribution is 1.39. The molecule has 46 valence electrons. The van der Waals surface area contributed by atoms with E-state index in [2.05, 4.69) is 6.58 Å². The van der Waals surface area contributed by atoms with Crippen molar-refractivity contribution >= 4 is 0 Å². The molecule has 0 unspecified atom stereocenters. The number of hydrogen-bond donors (Lipinski definition) is 0. The van der Waals surface area contributed by atoms with E-state index < -0.39 is 0 Å². The van der Waals surface area contributed by atoms with Crippen LogP contribution < -0.4 is 0 Å². The average Bonchev–Trinajstić information content (AvgIpc) is 1.89. The van der Waals surface area contributed by atoms with E-state index >= 15 is 0 Å². The van der Waals surface area contributed by atoms with E-state index in [4.69, 9.17) is 5.26 Å². The maximum atomic E-state index is 8.04. The van der Waals surface area contributed by atoms with Gasteiger partial charge in [-0.1, -0.05) is 30.9 Å². The van der Waals surface area contributed by atoms with Crippen molar-refractivity contribution in [2.24, 2.45) is 0 Å². The number of rotatable bonds is 3. The van der Waals surface area contributed by atoms with Crippen LogP contribution in [0.5, 0.6) is 0 Å². The first-order valence-corrected chi connectivity index (χ1v) is 2.74. The van der Waals surface area contributed by atoms with Gasteiger partial charge in [-0.3, -0.25) is 0 Å². The summed E-state index contributed by atoms with van der Waals surface area (Å²) in [7, 11) is 0. The second kappa shape index (κ2) is 6.71. The number of nitriles is 1. The van der Waals surface area contributed by atoms with Crippen LogP contribution in [0.3, 0.4) is 0 Å². The molecule has 0 saturated carbocycles. The van der Waals surface area contributed by atoms with Crippen molar-refractivity contribution in [3.63, 3.8) is 0 Å². The van der Waals surface area contributed by atoms with Crippen molar-refractivity contribution in [1.82, 2.24) is 0 Å². The van der Waals surface area contributed by atoms with Crippen molar-refractivity contribution in [3.05, 3.63) is 37.0 Å². The van der Waals surface area contributed by atoms with Crippen molar-refractivity contribution < 1.29 is 0 Å². The van der Waals surface area contributed by atoms with Gasteiger partial charge in [0.1, 0.15) is 0 Å². The molecule has 0 fully saturated rings. The Morgan fingerprint density at radius 2 is 2.22 bits per heavy atom. The van der Waals surface area contributed by atoms with Crippen LogP contribution >= 0.6 is 0 Å². The Morgan fingerprint density at radius 3 is 2.78 bits per heavy atom. The van der Waals surface area contributed by atoms with Gasteiger partial charge < -0.3 is 0 Å². The predicted octanol–water partition coefficient (Wildman–Crippen LogP) is 2.20. The van der Waals surface area contributed by atoms with E-state index in [1.807, 2.05) is 18.2 Å². The molecule has 0 saturated heterocycles. The van der Waals surface area contributed by atoms with Gasteiger partial charge in [-0.05, 0) is 6.42 Å². The first-order chi connectivity index (χ1) is 4.41. The molecule has 0 aromatic heterocycles. The van der Waals surface area contributed by atoms with Crippen molar-refractivity contribution in [2.75, 3.05) is 0 Å². The summed E-state index contributed by atoms with van der Waals surface area (Å²) in [4.78, 5) is 0. The highest BCUT2D eigenvalue weighted by Gasteiger charge is 1.65. The first kappa shape index (κ1) is 7.71. The Kier molecular flexibility index (Phi) is 5.75. The van der Waals surface area contributed by atoms with Gasteiger partial charge in [0.25, 0.3) is 0 Å². The molecule has 0 atom stereocenters. The maximum absolute atomic E-state index is 8.04. The molecule has 0 spiro atoms. The highest BCUT2D eigenvalue weighted by Crippen LogP contribution is 1.84. The lowest BCUT2D eigenvalue weighted by Crippen LogP contribution is -1.54. The molecule has 0 aromatic carbocycles. The summed E-state index contributed by atoms with van der Waals surface area (Å²) in [6.07, 6.45) is 9.55. The minimum Gasteiger partial charge on any atom is -0.193 e. The molecule has 0 aliphatic rings. The molecule has 0 bridgehead atoms. The lowest BCUT2D eigenvalue weighted by Gasteiger charge is -1.73. The van der Waals surface area contributed by atoms with Crippen molar-refractivity contribution in [1.29, 1.82) is 5.26 Å². The first-order valence-electron chi connectivity index (χ1n) is 2.74. The third-order valence-electron chi connectivity index (χ3n) is 0.737. The largest absolute Gasteiger partial charge is 0.193 e. The standard InChI is InChI=1S/C8H9N/c1-2-3-4-5-6-7-8-9/h2-4,6-7H,1,5H2/b4-3-,7-6?. The maximum Gasteiger partial charge on any atom is 0.0908 e. The SMILES string of the molecule is C=C/C=C\CC=CC#N. The summed E-state index contributed by atoms with van der Waals surface area (Å²) in [5, 5.41) is 8.04. The topological polar surface area (TPSA) is 23.8 Å². The quantitative estimate of drug-likeness (QED) is 0.412. The van der Waals surface area contributed by atoms with Crippen LogP contribution in [0.15, 0.2) is 37.0 Å². The molecule has 0 N–H and O–H groups in total. The molecule has 0 amide bonds. The molecule has 0 heterocycles. The molecule has 9 heavy (non-hydrogen) atoms. The molecule has 0 rings (SSSR count). The summed E-state index contributed by atoms with van der Waals surface area (Å²) >= 11 is 0. The van der Waals surface area contributed by atoms with Crippen molar-refractivity contribution in [2.45, 2.75) is 6.42 Å². The highest BCUT2D eigenvalue weighted by molar-refractivity contribution is 5.06. The smallest absolute Gasteiger partial charge is 0.0908 e. The zero-order valence-electron chi connectivity index (χ0n) is 5.25. The van der Waals surface area contributed by atoms with E-state index in [-0.39, 0.29) is 0 Å². The van der Waals surface area contributed by atoms with E-state index in [1.165, 1.54) is 6.08 Å². The van der Waals surface area contributed by atoms with Crippen LogP contribution in [0.1, 0.15) is 6.42 Å². The minimum absolute atomic E-state index is 0.805. The Hall–Kier alpha value is -1.29. The van der Waals surface area contributed by atoms with Gasteiger partial charge in [-0.2, -0.15) is 5.26 Å². The van der Waals surface area contributed by atoms with E-state index in [0.29, 0.717) is 0 Å². The highest BCUT2D eigenvalue weighted by atomic mass is 14.2. The van der Waals surface area contributed by atoms with Gasteiger partial charge in [0.05, 0.1) is 6.07 Å². The molecule has 0 aliphatic heterocycles. The van der Waals surface area contributed by atoms with E-state index in [9.17, 15) is 0 Å². The fraction of sp³-hybridized carbons (Fsp3) is 0.125. The normalized spacial score (nSPS) is 10.1. The van der Waals surface area contributed by atoms with E-state index in [1.54, 1.807) is 12.2 Å². The Labute approximate surface area is 55.6 Å². The average molecular weight is 119 g/mol. The van der Waals surface area contributed by atoms with Crippen LogP contribution in [0.4, 0.5) is 0 Å². The summed E-state index contributed by atoms with van der Waals surface area (Å²) in [5.74, 6) is 0. The predicted molar refractivity (Wildman–Crippen MR) is 38.7 cm³/mol. The summed E-state index contributed by atoms with van der Waals surface area (Å²) in [6, 6.07) is 1.90. The lowest BCUT2D eigenvalue weighted by atomic mass is 10.3. The van der Waals surface area contributed by atoms with Gasteiger partial charge in [-0.15, -0.1) is 0 Å². The van der Waals surface area contributed by atoms with E-state index in [0.717, 1.165) is 6.42 Å². The Bertz CT molecular complexity index is 158. The molecule has 0 aromatic rings. The van der Waals surface area contributed by atoms with Gasteiger partial charge in [0.15, 0.2) is 0 Å². The number of allylic oxidation sites excluding steroid dienone is 5. The minimum atomic E-state index is 0.805. The molecule has 0 radical (unpaired) electrons. The number of hydrogen-bond acceptors (Lipinski definition) is 1. The van der Waals surface area contributed by atoms with Gasteiger partial charge in [0.2, 0.25) is 0 Å². The second-order valence-electron chi connectivity index (χ2n) is 1.43. The molecule has 1 heteroatoms. The van der Waals surface area contributed by atoms with Gasteiger partial charge in [-0.25, -0.2) is 0 Å². The van der Waals surface area contributed by atoms with Gasteiger partial charge in [0, 0.05) is 6.08 Å². The molecular weight excluding hydrogens is 110 g/mol.